The maximum Gasteiger partial charge on any atom is 0.325 e. The van der Waals surface area contributed by atoms with Gasteiger partial charge in [0.25, 0.3) is 0 Å². The van der Waals surface area contributed by atoms with Crippen LogP contribution in [0.2, 0.25) is 5.02 Å². The highest BCUT2D eigenvalue weighted by molar-refractivity contribution is 6.31. The normalized spacial score (nSPS) is 15.5. The minimum atomic E-state index is -1.18. The van der Waals surface area contributed by atoms with E-state index in [0.717, 1.165) is 16.7 Å². The van der Waals surface area contributed by atoms with Crippen molar-refractivity contribution in [1.82, 2.24) is 5.32 Å². The van der Waals surface area contributed by atoms with Crippen molar-refractivity contribution in [3.63, 3.8) is 0 Å². The number of hydrogen-bond donors (Lipinski definition) is 1. The molecule has 3 nitrogen and oxygen atoms in total. The molecule has 0 radical (unpaired) electrons. The van der Waals surface area contributed by atoms with E-state index in [4.69, 9.17) is 16.3 Å². The smallest absolute Gasteiger partial charge is 0.325 e. The van der Waals surface area contributed by atoms with Gasteiger partial charge in [0.05, 0.1) is 0 Å². The molecule has 0 saturated carbocycles. The Kier molecular flexibility index (Phi) is 5.99. The van der Waals surface area contributed by atoms with E-state index in [-0.39, 0.29) is 5.97 Å². The van der Waals surface area contributed by atoms with Gasteiger partial charge in [-0.1, -0.05) is 115 Å². The molecule has 1 heterocycles. The molecule has 0 aliphatic carbocycles. The van der Waals surface area contributed by atoms with Crippen molar-refractivity contribution in [1.29, 1.82) is 0 Å². The van der Waals surface area contributed by atoms with Gasteiger partial charge < -0.3 is 10.1 Å². The van der Waals surface area contributed by atoms with Crippen molar-refractivity contribution in [2.45, 2.75) is 24.6 Å². The Hall–Kier alpha value is -3.40. The number of halogens is 1. The third kappa shape index (κ3) is 4.06. The summed E-state index contributed by atoms with van der Waals surface area (Å²) in [5.74, 6) is -0.308. The fourth-order valence-corrected chi connectivity index (χ4v) is 4.85. The van der Waals surface area contributed by atoms with Gasteiger partial charge in [0.15, 0.2) is 5.60 Å². The van der Waals surface area contributed by atoms with Crippen molar-refractivity contribution in [2.24, 2.45) is 0 Å². The predicted octanol–water partition coefficient (Wildman–Crippen LogP) is 5.89. The maximum atomic E-state index is 13.7. The number of carbonyl (C=O) groups is 1. The largest absolute Gasteiger partial charge is 0.443 e. The first-order valence-corrected chi connectivity index (χ1v) is 11.5. The van der Waals surface area contributed by atoms with Crippen LogP contribution in [0.3, 0.4) is 0 Å². The van der Waals surface area contributed by atoms with Gasteiger partial charge in [-0.2, -0.15) is 0 Å². The summed E-state index contributed by atoms with van der Waals surface area (Å²) in [5.41, 5.74) is 3.61. The van der Waals surface area contributed by atoms with Crippen molar-refractivity contribution in [3.8, 4) is 0 Å². The van der Waals surface area contributed by atoms with Crippen molar-refractivity contribution >= 4 is 17.6 Å². The molecule has 0 amide bonds. The Bertz CT molecular complexity index is 1220. The molecule has 1 aliphatic rings. The van der Waals surface area contributed by atoms with Crippen LogP contribution in [0.25, 0.3) is 0 Å². The van der Waals surface area contributed by atoms with E-state index in [1.807, 2.05) is 97.1 Å². The van der Waals surface area contributed by atoms with Gasteiger partial charge in [-0.05, 0) is 23.6 Å². The van der Waals surface area contributed by atoms with Crippen LogP contribution < -0.4 is 5.32 Å². The zero-order chi connectivity index (χ0) is 22.7. The lowest BCUT2D eigenvalue weighted by atomic mass is 9.80. The number of benzene rings is 4. The van der Waals surface area contributed by atoms with Gasteiger partial charge in [0, 0.05) is 28.3 Å². The van der Waals surface area contributed by atoms with Gasteiger partial charge in [0.2, 0.25) is 0 Å². The molecular formula is C29H24ClNO2. The number of carbonyl (C=O) groups excluding carboxylic acids is 1. The number of nitrogens with one attached hydrogen (secondary N) is 1. The highest BCUT2D eigenvalue weighted by Gasteiger charge is 2.43. The molecule has 5 rings (SSSR count). The molecule has 4 aromatic carbocycles. The van der Waals surface area contributed by atoms with Crippen molar-refractivity contribution in [3.05, 3.63) is 142 Å². The Morgan fingerprint density at radius 1 is 0.758 bits per heavy atom. The maximum absolute atomic E-state index is 13.7. The number of esters is 1. The molecule has 1 atom stereocenters. The van der Waals surface area contributed by atoms with Crippen LogP contribution in [-0.2, 0) is 28.1 Å². The molecule has 0 fully saturated rings. The lowest BCUT2D eigenvalue weighted by Gasteiger charge is -2.37. The average Bonchev–Trinajstić information content (AvgIpc) is 2.88. The van der Waals surface area contributed by atoms with E-state index in [1.54, 1.807) is 0 Å². The molecule has 1 aliphatic heterocycles. The zero-order valence-corrected chi connectivity index (χ0v) is 18.8. The molecule has 0 unspecified atom stereocenters. The summed E-state index contributed by atoms with van der Waals surface area (Å²) in [5, 5.41) is 3.90. The van der Waals surface area contributed by atoms with Crippen LogP contribution in [0.15, 0.2) is 109 Å². The van der Waals surface area contributed by atoms with Crippen molar-refractivity contribution in [2.75, 3.05) is 0 Å². The lowest BCUT2D eigenvalue weighted by molar-refractivity contribution is -0.156. The molecule has 4 aromatic rings. The molecule has 0 spiro atoms. The lowest BCUT2D eigenvalue weighted by Crippen LogP contribution is -2.47. The van der Waals surface area contributed by atoms with Gasteiger partial charge in [-0.25, -0.2) is 0 Å². The van der Waals surface area contributed by atoms with Gasteiger partial charge >= 0.3 is 5.97 Å². The fourth-order valence-electron chi connectivity index (χ4n) is 4.59. The third-order valence-electron chi connectivity index (χ3n) is 6.23. The van der Waals surface area contributed by atoms with Crippen LogP contribution in [0.1, 0.15) is 27.8 Å². The first kappa shape index (κ1) is 21.4. The van der Waals surface area contributed by atoms with Crippen LogP contribution in [-0.4, -0.2) is 12.0 Å². The number of hydrogen-bond acceptors (Lipinski definition) is 3. The van der Waals surface area contributed by atoms with Crippen LogP contribution in [0.5, 0.6) is 0 Å². The third-order valence-corrected chi connectivity index (χ3v) is 6.56. The molecule has 0 aromatic heterocycles. The average molecular weight is 454 g/mol. The zero-order valence-electron chi connectivity index (χ0n) is 18.1. The molecule has 0 saturated heterocycles. The summed E-state index contributed by atoms with van der Waals surface area (Å²) >= 11 is 6.74. The van der Waals surface area contributed by atoms with Crippen LogP contribution in [0.4, 0.5) is 0 Å². The molecule has 1 N–H and O–H groups in total. The molecule has 33 heavy (non-hydrogen) atoms. The SMILES string of the molecule is O=C(OC(c1ccccc1)(c1ccccc1)c1ccccc1Cl)[C@@H]1Cc2ccccc2CN1. The van der Waals surface area contributed by atoms with E-state index >= 15 is 0 Å². The molecular weight excluding hydrogens is 430 g/mol. The Morgan fingerprint density at radius 3 is 1.94 bits per heavy atom. The number of rotatable bonds is 5. The molecule has 4 heteroatoms. The van der Waals surface area contributed by atoms with Crippen LogP contribution in [0, 0.1) is 0 Å². The van der Waals surface area contributed by atoms with E-state index in [0.29, 0.717) is 18.0 Å². The highest BCUT2D eigenvalue weighted by Crippen LogP contribution is 2.43. The van der Waals surface area contributed by atoms with E-state index in [1.165, 1.54) is 11.1 Å². The number of ether oxygens (including phenoxy) is 1. The van der Waals surface area contributed by atoms with Gasteiger partial charge in [-0.3, -0.25) is 4.79 Å². The van der Waals surface area contributed by atoms with Gasteiger partial charge in [-0.15, -0.1) is 0 Å². The Balaban J connectivity index is 1.63. The second-order valence-corrected chi connectivity index (χ2v) is 8.63. The summed E-state index contributed by atoms with van der Waals surface area (Å²) < 4.78 is 6.55. The quantitative estimate of drug-likeness (QED) is 0.302. The molecule has 0 bridgehead atoms. The van der Waals surface area contributed by atoms with Crippen LogP contribution >= 0.6 is 11.6 Å². The molecule has 164 valence electrons. The second kappa shape index (κ2) is 9.22. The van der Waals surface area contributed by atoms with E-state index in [9.17, 15) is 4.79 Å². The second-order valence-electron chi connectivity index (χ2n) is 8.22. The fraction of sp³-hybridized carbons (Fsp3) is 0.138. The monoisotopic (exact) mass is 453 g/mol. The predicted molar refractivity (Wildman–Crippen MR) is 131 cm³/mol. The Morgan fingerprint density at radius 2 is 1.30 bits per heavy atom. The summed E-state index contributed by atoms with van der Waals surface area (Å²) in [4.78, 5) is 13.7. The summed E-state index contributed by atoms with van der Waals surface area (Å²) in [6, 6.07) is 34.9. The Labute approximate surface area is 199 Å². The summed E-state index contributed by atoms with van der Waals surface area (Å²) in [6.45, 7) is 0.631. The first-order chi connectivity index (χ1) is 16.2. The topological polar surface area (TPSA) is 38.3 Å². The van der Waals surface area contributed by atoms with E-state index < -0.39 is 11.6 Å². The standard InChI is InChI=1S/C29H24ClNO2/c30-26-18-10-9-17-25(26)29(23-13-3-1-4-14-23,24-15-5-2-6-16-24)33-28(32)27-19-21-11-7-8-12-22(21)20-31-27/h1-18,27,31H,19-20H2/t27-/m0/s1. The van der Waals surface area contributed by atoms with Crippen molar-refractivity contribution < 1.29 is 9.53 Å². The van der Waals surface area contributed by atoms with E-state index in [2.05, 4.69) is 17.4 Å². The van der Waals surface area contributed by atoms with Gasteiger partial charge in [0.1, 0.15) is 6.04 Å². The minimum absolute atomic E-state index is 0.308. The minimum Gasteiger partial charge on any atom is -0.443 e. The number of fused-ring (bicyclic) bond motifs is 1. The summed E-state index contributed by atoms with van der Waals surface area (Å²) in [6.07, 6.45) is 0.581. The highest BCUT2D eigenvalue weighted by atomic mass is 35.5. The first-order valence-electron chi connectivity index (χ1n) is 11.1. The summed E-state index contributed by atoms with van der Waals surface area (Å²) in [7, 11) is 0.